The molecule has 2 aliphatic heterocycles. The average Bonchev–Trinajstić information content (AvgIpc) is 3.26. The van der Waals surface area contributed by atoms with Gasteiger partial charge in [-0.05, 0) is 30.7 Å². The number of amidine groups is 1. The number of hydrogen-bond donors (Lipinski definition) is 0. The maximum atomic E-state index is 5.79. The third-order valence-corrected chi connectivity index (χ3v) is 6.70. The van der Waals surface area contributed by atoms with Gasteiger partial charge in [0.2, 0.25) is 0 Å². The normalized spacial score (nSPS) is 23.9. The molecule has 0 bridgehead atoms. The number of benzene rings is 1. The number of aromatic nitrogens is 1. The molecule has 4 rings (SSSR count). The van der Waals surface area contributed by atoms with Gasteiger partial charge in [0, 0.05) is 28.0 Å². The Kier molecular flexibility index (Phi) is 5.32. The first-order valence-electron chi connectivity index (χ1n) is 8.99. The zero-order valence-corrected chi connectivity index (χ0v) is 18.0. The number of pyridine rings is 1. The summed E-state index contributed by atoms with van der Waals surface area (Å²) in [6.45, 7) is 2.23. The molecule has 0 spiro atoms. The van der Waals surface area contributed by atoms with Gasteiger partial charge < -0.3 is 14.4 Å². The average molecular weight is 448 g/mol. The van der Waals surface area contributed by atoms with Crippen LogP contribution >= 0.6 is 27.7 Å². The number of methoxy groups -OCH3 is 2. The summed E-state index contributed by atoms with van der Waals surface area (Å²) >= 11 is 5.47. The van der Waals surface area contributed by atoms with Crippen LogP contribution in [0, 0.1) is 0 Å². The fraction of sp³-hybridized carbons (Fsp3) is 0.400. The number of halogens is 1. The summed E-state index contributed by atoms with van der Waals surface area (Å²) in [4.78, 5) is 12.1. The maximum absolute atomic E-state index is 5.79. The van der Waals surface area contributed by atoms with Crippen LogP contribution < -0.4 is 9.47 Å². The molecular weight excluding hydrogens is 426 g/mol. The van der Waals surface area contributed by atoms with Crippen molar-refractivity contribution < 1.29 is 9.47 Å². The Bertz CT molecular complexity index is 862. The van der Waals surface area contributed by atoms with Crippen molar-refractivity contribution in [1.29, 1.82) is 0 Å². The van der Waals surface area contributed by atoms with Gasteiger partial charge in [0.1, 0.15) is 6.04 Å². The van der Waals surface area contributed by atoms with Crippen molar-refractivity contribution in [1.82, 2.24) is 9.88 Å². The van der Waals surface area contributed by atoms with E-state index in [9.17, 15) is 0 Å². The highest BCUT2D eigenvalue weighted by Gasteiger charge is 2.46. The molecule has 0 N–H and O–H groups in total. The number of fused-ring (bicyclic) bond motifs is 1. The van der Waals surface area contributed by atoms with Gasteiger partial charge >= 0.3 is 0 Å². The Hall–Kier alpha value is -1.73. The quantitative estimate of drug-likeness (QED) is 0.655. The molecule has 2 aliphatic rings. The first kappa shape index (κ1) is 18.6. The number of nitrogens with zero attached hydrogens (tertiary/aromatic N) is 3. The molecule has 1 aromatic heterocycles. The second kappa shape index (κ2) is 7.72. The molecule has 0 amide bonds. The van der Waals surface area contributed by atoms with E-state index in [4.69, 9.17) is 14.5 Å². The topological polar surface area (TPSA) is 47.0 Å². The zero-order chi connectivity index (χ0) is 19.0. The minimum Gasteiger partial charge on any atom is -0.493 e. The van der Waals surface area contributed by atoms with E-state index in [2.05, 4.69) is 44.9 Å². The Morgan fingerprint density at radius 2 is 2.11 bits per heavy atom. The lowest BCUT2D eigenvalue weighted by atomic mass is 9.94. The second-order valence-electron chi connectivity index (χ2n) is 6.57. The van der Waals surface area contributed by atoms with Crippen LogP contribution in [0.3, 0.4) is 0 Å². The third kappa shape index (κ3) is 3.21. The van der Waals surface area contributed by atoms with Gasteiger partial charge in [0.15, 0.2) is 16.7 Å². The summed E-state index contributed by atoms with van der Waals surface area (Å²) in [5, 5.41) is 1.10. The standard InChI is InChI=1S/C20H22BrN3O2S/c1-4-13-11-27-20-23-17(15-7-5-6-8-22-15)18(24(13)20)14-9-12(21)10-16(25-2)19(14)26-3/h5-10,13,17-18H,4,11H2,1-3H3/t13-,17+,18+/m1/s1. The van der Waals surface area contributed by atoms with Crippen LogP contribution in [0.4, 0.5) is 0 Å². The number of hydrogen-bond acceptors (Lipinski definition) is 6. The van der Waals surface area contributed by atoms with Crippen LogP contribution in [-0.4, -0.2) is 41.1 Å². The summed E-state index contributed by atoms with van der Waals surface area (Å²) in [6, 6.07) is 10.5. The van der Waals surface area contributed by atoms with Gasteiger partial charge in [-0.3, -0.25) is 9.98 Å². The summed E-state index contributed by atoms with van der Waals surface area (Å²) in [5.74, 6) is 2.54. The molecule has 1 aromatic carbocycles. The van der Waals surface area contributed by atoms with E-state index in [-0.39, 0.29) is 12.1 Å². The van der Waals surface area contributed by atoms with Crippen molar-refractivity contribution in [3.8, 4) is 11.5 Å². The molecule has 2 aromatic rings. The maximum Gasteiger partial charge on any atom is 0.166 e. The van der Waals surface area contributed by atoms with Crippen LogP contribution in [-0.2, 0) is 0 Å². The zero-order valence-electron chi connectivity index (χ0n) is 15.6. The van der Waals surface area contributed by atoms with Crippen LogP contribution in [0.1, 0.15) is 36.7 Å². The summed E-state index contributed by atoms with van der Waals surface area (Å²) in [5.41, 5.74) is 2.04. The van der Waals surface area contributed by atoms with Crippen molar-refractivity contribution in [2.24, 2.45) is 4.99 Å². The van der Waals surface area contributed by atoms with E-state index in [1.54, 1.807) is 14.2 Å². The number of aliphatic imine (C=N–C) groups is 1. The second-order valence-corrected chi connectivity index (χ2v) is 8.47. The van der Waals surface area contributed by atoms with Crippen molar-refractivity contribution in [3.05, 3.63) is 52.3 Å². The molecular formula is C20H22BrN3O2S. The number of ether oxygens (including phenoxy) is 2. The van der Waals surface area contributed by atoms with Gasteiger partial charge in [0.05, 0.1) is 26.0 Å². The van der Waals surface area contributed by atoms with Crippen LogP contribution in [0.5, 0.6) is 11.5 Å². The highest BCUT2D eigenvalue weighted by molar-refractivity contribution is 9.10. The molecule has 1 saturated heterocycles. The van der Waals surface area contributed by atoms with E-state index in [1.165, 1.54) is 0 Å². The first-order valence-corrected chi connectivity index (χ1v) is 10.8. The van der Waals surface area contributed by atoms with Gasteiger partial charge in [-0.2, -0.15) is 0 Å². The number of thioether (sulfide) groups is 1. The molecule has 7 heteroatoms. The Balaban J connectivity index is 1.88. The first-order chi connectivity index (χ1) is 13.2. The van der Waals surface area contributed by atoms with E-state index in [0.717, 1.165) is 44.6 Å². The monoisotopic (exact) mass is 447 g/mol. The van der Waals surface area contributed by atoms with Gasteiger partial charge in [-0.1, -0.05) is 40.7 Å². The third-order valence-electron chi connectivity index (χ3n) is 5.12. The van der Waals surface area contributed by atoms with Crippen LogP contribution in [0.2, 0.25) is 0 Å². The Labute approximate surface area is 172 Å². The van der Waals surface area contributed by atoms with Crippen molar-refractivity contribution in [2.45, 2.75) is 31.5 Å². The van der Waals surface area contributed by atoms with Gasteiger partial charge in [0.25, 0.3) is 0 Å². The summed E-state index contributed by atoms with van der Waals surface area (Å²) in [6.07, 6.45) is 2.91. The van der Waals surface area contributed by atoms with Crippen molar-refractivity contribution in [2.75, 3.05) is 20.0 Å². The lowest BCUT2D eigenvalue weighted by molar-refractivity contribution is 0.246. The molecule has 0 radical (unpaired) electrons. The van der Waals surface area contributed by atoms with Crippen molar-refractivity contribution in [3.63, 3.8) is 0 Å². The molecule has 3 atom stereocenters. The molecule has 1 fully saturated rings. The molecule has 0 saturated carbocycles. The molecule has 0 aliphatic carbocycles. The Morgan fingerprint density at radius 3 is 2.78 bits per heavy atom. The van der Waals surface area contributed by atoms with E-state index < -0.39 is 0 Å². The molecule has 5 nitrogen and oxygen atoms in total. The lowest BCUT2D eigenvalue weighted by Gasteiger charge is -2.33. The predicted molar refractivity (Wildman–Crippen MR) is 113 cm³/mol. The lowest BCUT2D eigenvalue weighted by Crippen LogP contribution is -2.35. The van der Waals surface area contributed by atoms with Gasteiger partial charge in [-0.25, -0.2) is 0 Å². The minimum absolute atomic E-state index is 0.0243. The summed E-state index contributed by atoms with van der Waals surface area (Å²) in [7, 11) is 3.36. The molecule has 142 valence electrons. The van der Waals surface area contributed by atoms with E-state index >= 15 is 0 Å². The van der Waals surface area contributed by atoms with Crippen molar-refractivity contribution >= 4 is 32.9 Å². The SMILES string of the molecule is CC[C@@H]1CSC2=N[C@@H](c3ccccn3)[C@H](c3cc(Br)cc(OC)c3OC)N21. The highest BCUT2D eigenvalue weighted by atomic mass is 79.9. The highest BCUT2D eigenvalue weighted by Crippen LogP contribution is 2.52. The van der Waals surface area contributed by atoms with Crippen LogP contribution in [0.15, 0.2) is 46.0 Å². The molecule has 0 unspecified atom stereocenters. The summed E-state index contributed by atoms with van der Waals surface area (Å²) < 4.78 is 12.3. The van der Waals surface area contributed by atoms with Gasteiger partial charge in [-0.15, -0.1) is 0 Å². The molecule has 27 heavy (non-hydrogen) atoms. The number of rotatable bonds is 5. The minimum atomic E-state index is -0.0732. The fourth-order valence-corrected chi connectivity index (χ4v) is 5.66. The fourth-order valence-electron chi connectivity index (χ4n) is 3.87. The van der Waals surface area contributed by atoms with E-state index in [1.807, 2.05) is 36.2 Å². The van der Waals surface area contributed by atoms with E-state index in [0.29, 0.717) is 6.04 Å². The Morgan fingerprint density at radius 1 is 1.26 bits per heavy atom. The smallest absolute Gasteiger partial charge is 0.166 e. The largest absolute Gasteiger partial charge is 0.493 e. The predicted octanol–water partition coefficient (Wildman–Crippen LogP) is 4.84. The molecule has 3 heterocycles. The van der Waals surface area contributed by atoms with Crippen LogP contribution in [0.25, 0.3) is 0 Å².